The van der Waals surface area contributed by atoms with Crippen molar-refractivity contribution >= 4 is 19.4 Å². The number of hydrogen-bond donors (Lipinski definition) is 1. The van der Waals surface area contributed by atoms with Gasteiger partial charge in [0, 0.05) is 0 Å². The van der Waals surface area contributed by atoms with Crippen molar-refractivity contribution in [1.82, 2.24) is 15.2 Å². The molecule has 0 saturated carbocycles. The van der Waals surface area contributed by atoms with Gasteiger partial charge in [0.1, 0.15) is 12.2 Å². The third-order valence-corrected chi connectivity index (χ3v) is 5.38. The molecule has 1 N–H and O–H groups in total. The monoisotopic (exact) mass is 265 g/mol. The molecule has 0 fully saturated rings. The maximum atomic E-state index is 12.0. The van der Waals surface area contributed by atoms with Crippen molar-refractivity contribution in [3.8, 4) is 0 Å². The van der Waals surface area contributed by atoms with Crippen molar-refractivity contribution in [3.05, 3.63) is 12.2 Å². The number of H-pyrrole nitrogens is 1. The zero-order chi connectivity index (χ0) is 11.9. The second-order valence-corrected chi connectivity index (χ2v) is 6.32. The highest BCUT2D eigenvalue weighted by Gasteiger charge is 2.23. The number of aromatic nitrogens is 3. The summed E-state index contributed by atoms with van der Waals surface area (Å²) in [6.07, 6.45) is 1.45. The molecule has 1 heterocycles. The molecular weight excluding hydrogens is 249 g/mol. The summed E-state index contributed by atoms with van der Waals surface area (Å²) >= 11 is 1.45. The minimum atomic E-state index is -2.94. The highest BCUT2D eigenvalue weighted by atomic mass is 32.2. The fourth-order valence-corrected chi connectivity index (χ4v) is 4.11. The van der Waals surface area contributed by atoms with Crippen molar-refractivity contribution in [2.24, 2.45) is 0 Å². The van der Waals surface area contributed by atoms with Gasteiger partial charge in [-0.3, -0.25) is 9.66 Å². The summed E-state index contributed by atoms with van der Waals surface area (Å²) in [6, 6.07) is 0. The van der Waals surface area contributed by atoms with E-state index in [4.69, 9.17) is 9.05 Å². The molecule has 0 amide bonds. The number of thioether (sulfide) groups is 1. The van der Waals surface area contributed by atoms with Gasteiger partial charge < -0.3 is 9.05 Å². The molecule has 1 aromatic heterocycles. The van der Waals surface area contributed by atoms with Gasteiger partial charge in [-0.05, 0) is 13.8 Å². The molecule has 0 radical (unpaired) electrons. The van der Waals surface area contributed by atoms with E-state index in [1.54, 1.807) is 13.8 Å². The zero-order valence-corrected chi connectivity index (χ0v) is 11.1. The van der Waals surface area contributed by atoms with E-state index < -0.39 is 7.60 Å². The predicted octanol–water partition coefficient (Wildman–Crippen LogP) is 2.26. The molecule has 8 heteroatoms. The maximum Gasteiger partial charge on any atom is 0.340 e. The average Bonchev–Trinajstić information content (AvgIpc) is 2.71. The molecule has 0 aromatic carbocycles. The number of nitrogens with zero attached hydrogens (tertiary/aromatic N) is 2. The van der Waals surface area contributed by atoms with Gasteiger partial charge in [-0.2, -0.15) is 5.10 Å². The lowest BCUT2D eigenvalue weighted by molar-refractivity contribution is 0.224. The van der Waals surface area contributed by atoms with Crippen LogP contribution in [0.2, 0.25) is 0 Å². The molecule has 0 bridgehead atoms. The van der Waals surface area contributed by atoms with Crippen LogP contribution in [-0.2, 0) is 19.4 Å². The smallest absolute Gasteiger partial charge is 0.308 e. The summed E-state index contributed by atoms with van der Waals surface area (Å²) in [5, 5.41) is 6.46. The second-order valence-electron chi connectivity index (χ2n) is 2.86. The Bertz CT molecular complexity index is 323. The molecule has 0 spiro atoms. The molecule has 1 rings (SSSR count). The molecule has 0 aliphatic carbocycles. The van der Waals surface area contributed by atoms with E-state index >= 15 is 0 Å². The Kier molecular flexibility index (Phi) is 6.05. The Hall–Kier alpha value is -0.360. The molecule has 0 aliphatic rings. The first-order chi connectivity index (χ1) is 7.70. The molecular formula is C8H16N3O3PS. The lowest BCUT2D eigenvalue weighted by Gasteiger charge is -2.15. The van der Waals surface area contributed by atoms with Crippen LogP contribution in [0.3, 0.4) is 0 Å². The van der Waals surface area contributed by atoms with Crippen LogP contribution in [0.25, 0.3) is 0 Å². The van der Waals surface area contributed by atoms with Gasteiger partial charge in [0.2, 0.25) is 0 Å². The van der Waals surface area contributed by atoms with Crippen molar-refractivity contribution in [2.75, 3.05) is 18.7 Å². The first-order valence-corrected chi connectivity index (χ1v) is 7.88. The third-order valence-electron chi connectivity index (χ3n) is 1.60. The molecule has 0 saturated heterocycles. The highest BCUT2D eigenvalue weighted by molar-refractivity contribution is 8.03. The molecule has 16 heavy (non-hydrogen) atoms. The van der Waals surface area contributed by atoms with Crippen LogP contribution in [0.1, 0.15) is 19.7 Å². The standard InChI is InChI=1S/C8H16N3O3PS/c1-3-13-15(12,14-4-2)7-16-5-8-9-6-10-11-8/h6H,3-5,7H2,1-2H3,(H,9,10,11). The number of aromatic amines is 1. The molecule has 92 valence electrons. The number of nitrogens with one attached hydrogen (secondary N) is 1. The van der Waals surface area contributed by atoms with Crippen LogP contribution in [0.5, 0.6) is 0 Å². The van der Waals surface area contributed by atoms with Crippen molar-refractivity contribution in [3.63, 3.8) is 0 Å². The van der Waals surface area contributed by atoms with Gasteiger partial charge in [0.05, 0.1) is 24.5 Å². The molecule has 0 atom stereocenters. The average molecular weight is 265 g/mol. The van der Waals surface area contributed by atoms with Crippen LogP contribution in [-0.4, -0.2) is 33.9 Å². The predicted molar refractivity (Wildman–Crippen MR) is 63.4 cm³/mol. The van der Waals surface area contributed by atoms with Crippen molar-refractivity contribution < 1.29 is 13.6 Å². The van der Waals surface area contributed by atoms with Gasteiger partial charge in [0.15, 0.2) is 0 Å². The Balaban J connectivity index is 2.35. The Labute approximate surface area is 99.1 Å². The fourth-order valence-electron chi connectivity index (χ4n) is 1.06. The van der Waals surface area contributed by atoms with Gasteiger partial charge in [-0.1, -0.05) is 0 Å². The lowest BCUT2D eigenvalue weighted by Crippen LogP contribution is -1.98. The minimum Gasteiger partial charge on any atom is -0.308 e. The van der Waals surface area contributed by atoms with Crippen LogP contribution in [0.4, 0.5) is 0 Å². The van der Waals surface area contributed by atoms with Crippen LogP contribution >= 0.6 is 19.4 Å². The zero-order valence-electron chi connectivity index (χ0n) is 9.38. The quantitative estimate of drug-likeness (QED) is 0.726. The first kappa shape index (κ1) is 13.7. The Morgan fingerprint density at radius 2 is 2.12 bits per heavy atom. The Morgan fingerprint density at radius 3 is 2.62 bits per heavy atom. The van der Waals surface area contributed by atoms with Crippen LogP contribution < -0.4 is 0 Å². The van der Waals surface area contributed by atoms with Crippen molar-refractivity contribution in [2.45, 2.75) is 19.6 Å². The van der Waals surface area contributed by atoms with E-state index in [1.807, 2.05) is 0 Å². The van der Waals surface area contributed by atoms with Gasteiger partial charge in [0.25, 0.3) is 0 Å². The summed E-state index contributed by atoms with van der Waals surface area (Å²) in [5.41, 5.74) is 0.329. The lowest BCUT2D eigenvalue weighted by atomic mass is 10.7. The summed E-state index contributed by atoms with van der Waals surface area (Å²) in [6.45, 7) is 4.37. The van der Waals surface area contributed by atoms with Crippen molar-refractivity contribution in [1.29, 1.82) is 0 Å². The summed E-state index contributed by atoms with van der Waals surface area (Å²) in [7, 11) is -2.94. The van der Waals surface area contributed by atoms with Gasteiger partial charge in [-0.25, -0.2) is 4.98 Å². The van der Waals surface area contributed by atoms with E-state index in [9.17, 15) is 4.57 Å². The highest BCUT2D eigenvalue weighted by Crippen LogP contribution is 2.51. The molecule has 0 unspecified atom stereocenters. The number of rotatable bonds is 8. The van der Waals surface area contributed by atoms with E-state index in [1.165, 1.54) is 18.1 Å². The fraction of sp³-hybridized carbons (Fsp3) is 0.750. The normalized spacial score (nSPS) is 11.9. The number of hydrogen-bond acceptors (Lipinski definition) is 6. The summed E-state index contributed by atoms with van der Waals surface area (Å²) in [5.74, 6) is 1.37. The second kappa shape index (κ2) is 7.06. The minimum absolute atomic E-state index is 0.329. The van der Waals surface area contributed by atoms with E-state index in [2.05, 4.69) is 15.2 Å². The largest absolute Gasteiger partial charge is 0.340 e. The Morgan fingerprint density at radius 1 is 1.44 bits per heavy atom. The van der Waals surface area contributed by atoms with Crippen LogP contribution in [0.15, 0.2) is 6.33 Å². The van der Waals surface area contributed by atoms with E-state index in [0.717, 1.165) is 5.82 Å². The van der Waals surface area contributed by atoms with E-state index in [0.29, 0.717) is 24.5 Å². The SMILES string of the molecule is CCOP(=O)(CSCc1ncn[nH]1)OCC. The topological polar surface area (TPSA) is 77.1 Å². The van der Waals surface area contributed by atoms with E-state index in [-0.39, 0.29) is 0 Å². The summed E-state index contributed by atoms with van der Waals surface area (Å²) in [4.78, 5) is 3.97. The van der Waals surface area contributed by atoms with Crippen LogP contribution in [0, 0.1) is 0 Å². The molecule has 0 aliphatic heterocycles. The molecule has 6 nitrogen and oxygen atoms in total. The van der Waals surface area contributed by atoms with Gasteiger partial charge >= 0.3 is 7.60 Å². The first-order valence-electron chi connectivity index (χ1n) is 5.00. The maximum absolute atomic E-state index is 12.0. The summed E-state index contributed by atoms with van der Waals surface area (Å²) < 4.78 is 22.3. The van der Waals surface area contributed by atoms with Gasteiger partial charge in [-0.15, -0.1) is 11.8 Å². The third kappa shape index (κ3) is 4.65. The molecule has 1 aromatic rings.